The molecule has 0 saturated carbocycles. The Balaban J connectivity index is 2.20. The summed E-state index contributed by atoms with van der Waals surface area (Å²) >= 11 is 3.04. The van der Waals surface area contributed by atoms with Crippen LogP contribution in [0.15, 0.2) is 53.0 Å². The first-order chi connectivity index (χ1) is 9.63. The highest BCUT2D eigenvalue weighted by molar-refractivity contribution is 9.10. The molecule has 0 saturated heterocycles. The van der Waals surface area contributed by atoms with E-state index in [0.717, 1.165) is 5.56 Å². The molecule has 0 radical (unpaired) electrons. The minimum absolute atomic E-state index is 0.0613. The lowest BCUT2D eigenvalue weighted by Crippen LogP contribution is -2.31. The van der Waals surface area contributed by atoms with Crippen molar-refractivity contribution in [3.8, 4) is 0 Å². The summed E-state index contributed by atoms with van der Waals surface area (Å²) in [5.74, 6) is -1.18. The van der Waals surface area contributed by atoms with Gasteiger partial charge in [-0.1, -0.05) is 36.4 Å². The van der Waals surface area contributed by atoms with Crippen LogP contribution in [0.25, 0.3) is 0 Å². The number of carbonyl (C=O) groups excluding carboxylic acids is 1. The fraction of sp³-hybridized carbons (Fsp3) is 0.133. The minimum atomic E-state index is -0.616. The van der Waals surface area contributed by atoms with E-state index in [1.807, 2.05) is 18.2 Å². The second-order valence-corrected chi connectivity index (χ2v) is 5.08. The summed E-state index contributed by atoms with van der Waals surface area (Å²) in [5, 5.41) is 12.0. The van der Waals surface area contributed by atoms with Crippen molar-refractivity contribution in [2.45, 2.75) is 6.04 Å². The zero-order chi connectivity index (χ0) is 14.5. The molecule has 5 heteroatoms. The predicted molar refractivity (Wildman–Crippen MR) is 77.8 cm³/mol. The van der Waals surface area contributed by atoms with Crippen LogP contribution in [0.5, 0.6) is 0 Å². The monoisotopic (exact) mass is 337 g/mol. The smallest absolute Gasteiger partial charge is 0.254 e. The van der Waals surface area contributed by atoms with Crippen LogP contribution in [0.4, 0.5) is 4.39 Å². The van der Waals surface area contributed by atoms with Crippen molar-refractivity contribution in [1.29, 1.82) is 0 Å². The van der Waals surface area contributed by atoms with Crippen molar-refractivity contribution >= 4 is 21.8 Å². The number of aliphatic hydroxyl groups is 1. The Morgan fingerprint density at radius 3 is 2.55 bits per heavy atom. The normalized spacial score (nSPS) is 11.9. The second kappa shape index (κ2) is 6.63. The van der Waals surface area contributed by atoms with E-state index in [9.17, 15) is 14.3 Å². The molecule has 0 aliphatic heterocycles. The lowest BCUT2D eigenvalue weighted by atomic mass is 10.1. The van der Waals surface area contributed by atoms with Crippen molar-refractivity contribution in [3.63, 3.8) is 0 Å². The molecule has 0 heterocycles. The largest absolute Gasteiger partial charge is 0.394 e. The molecule has 2 aromatic carbocycles. The van der Waals surface area contributed by atoms with Gasteiger partial charge in [0.1, 0.15) is 5.82 Å². The van der Waals surface area contributed by atoms with Gasteiger partial charge in [-0.2, -0.15) is 0 Å². The van der Waals surface area contributed by atoms with Crippen LogP contribution in [0.3, 0.4) is 0 Å². The molecule has 1 amide bonds. The standard InChI is InChI=1S/C15H13BrFNO2/c16-12-8-4-7-11(14(12)17)15(20)18-13(9-19)10-5-2-1-3-6-10/h1-8,13,19H,9H2,(H,18,20)/t13-/m1/s1. The molecule has 2 rings (SSSR count). The lowest BCUT2D eigenvalue weighted by Gasteiger charge is -2.17. The molecule has 0 fully saturated rings. The van der Waals surface area contributed by atoms with Gasteiger partial charge in [0.15, 0.2) is 0 Å². The molecule has 0 aromatic heterocycles. The third kappa shape index (κ3) is 3.23. The molecule has 0 aliphatic rings. The van der Waals surface area contributed by atoms with Gasteiger partial charge in [-0.25, -0.2) is 4.39 Å². The summed E-state index contributed by atoms with van der Waals surface area (Å²) in [5.41, 5.74) is 0.701. The quantitative estimate of drug-likeness (QED) is 0.900. The Kier molecular flexibility index (Phi) is 4.87. The van der Waals surface area contributed by atoms with Crippen molar-refractivity contribution in [1.82, 2.24) is 5.32 Å². The Morgan fingerprint density at radius 2 is 1.90 bits per heavy atom. The van der Waals surface area contributed by atoms with E-state index >= 15 is 0 Å². The van der Waals surface area contributed by atoms with E-state index in [0.29, 0.717) is 0 Å². The minimum Gasteiger partial charge on any atom is -0.394 e. The van der Waals surface area contributed by atoms with Crippen LogP contribution in [0.2, 0.25) is 0 Å². The lowest BCUT2D eigenvalue weighted by molar-refractivity contribution is 0.0912. The summed E-state index contributed by atoms with van der Waals surface area (Å²) in [6, 6.07) is 13.0. The molecule has 1 atom stereocenters. The molecular formula is C15H13BrFNO2. The van der Waals surface area contributed by atoms with E-state index in [1.165, 1.54) is 12.1 Å². The summed E-state index contributed by atoms with van der Waals surface area (Å²) in [6.07, 6.45) is 0. The Labute approximate surface area is 124 Å². The summed E-state index contributed by atoms with van der Waals surface area (Å²) in [4.78, 5) is 12.1. The van der Waals surface area contributed by atoms with Gasteiger partial charge in [-0.15, -0.1) is 0 Å². The molecule has 0 spiro atoms. The third-order valence-corrected chi connectivity index (χ3v) is 3.50. The fourth-order valence-electron chi connectivity index (χ4n) is 1.83. The van der Waals surface area contributed by atoms with Crippen molar-refractivity contribution in [2.75, 3.05) is 6.61 Å². The number of benzene rings is 2. The van der Waals surface area contributed by atoms with Crippen LogP contribution in [-0.4, -0.2) is 17.6 Å². The second-order valence-electron chi connectivity index (χ2n) is 4.22. The molecule has 2 N–H and O–H groups in total. The maximum absolute atomic E-state index is 13.8. The number of amides is 1. The first-order valence-electron chi connectivity index (χ1n) is 6.04. The Morgan fingerprint density at radius 1 is 1.20 bits per heavy atom. The highest BCUT2D eigenvalue weighted by Crippen LogP contribution is 2.19. The molecule has 2 aromatic rings. The SMILES string of the molecule is O=C(N[C@H](CO)c1ccccc1)c1cccc(Br)c1F. The van der Waals surface area contributed by atoms with Gasteiger partial charge in [0, 0.05) is 0 Å². The number of hydrogen-bond donors (Lipinski definition) is 2. The molecule has 0 bridgehead atoms. The number of halogens is 2. The maximum atomic E-state index is 13.8. The van der Waals surface area contributed by atoms with Crippen LogP contribution in [-0.2, 0) is 0 Å². The highest BCUT2D eigenvalue weighted by atomic mass is 79.9. The average Bonchev–Trinajstić information content (AvgIpc) is 2.48. The number of carbonyl (C=O) groups is 1. The van der Waals surface area contributed by atoms with Gasteiger partial charge in [0.05, 0.1) is 22.7 Å². The van der Waals surface area contributed by atoms with E-state index in [1.54, 1.807) is 18.2 Å². The maximum Gasteiger partial charge on any atom is 0.254 e. The molecule has 20 heavy (non-hydrogen) atoms. The van der Waals surface area contributed by atoms with Crippen LogP contribution in [0, 0.1) is 5.82 Å². The summed E-state index contributed by atoms with van der Waals surface area (Å²) in [7, 11) is 0. The van der Waals surface area contributed by atoms with E-state index in [4.69, 9.17) is 0 Å². The number of aliphatic hydroxyl groups excluding tert-OH is 1. The number of rotatable bonds is 4. The van der Waals surface area contributed by atoms with Crippen LogP contribution >= 0.6 is 15.9 Å². The first-order valence-corrected chi connectivity index (χ1v) is 6.83. The van der Waals surface area contributed by atoms with Crippen molar-refractivity contribution < 1.29 is 14.3 Å². The molecule has 104 valence electrons. The number of nitrogens with one attached hydrogen (secondary N) is 1. The van der Waals surface area contributed by atoms with Gasteiger partial charge in [-0.05, 0) is 33.6 Å². The van der Waals surface area contributed by atoms with Crippen molar-refractivity contribution in [2.24, 2.45) is 0 Å². The zero-order valence-electron chi connectivity index (χ0n) is 10.5. The van der Waals surface area contributed by atoms with Gasteiger partial charge >= 0.3 is 0 Å². The molecule has 3 nitrogen and oxygen atoms in total. The van der Waals surface area contributed by atoms with Gasteiger partial charge in [0.25, 0.3) is 5.91 Å². The van der Waals surface area contributed by atoms with Crippen molar-refractivity contribution in [3.05, 3.63) is 69.9 Å². The number of hydrogen-bond acceptors (Lipinski definition) is 2. The summed E-state index contributed by atoms with van der Waals surface area (Å²) in [6.45, 7) is -0.259. The Bertz CT molecular complexity index is 604. The molecular weight excluding hydrogens is 325 g/mol. The summed E-state index contributed by atoms with van der Waals surface area (Å²) < 4.78 is 14.1. The van der Waals surface area contributed by atoms with Gasteiger partial charge < -0.3 is 10.4 Å². The molecule has 0 aliphatic carbocycles. The fourth-order valence-corrected chi connectivity index (χ4v) is 2.20. The Hall–Kier alpha value is -1.72. The van der Waals surface area contributed by atoms with Crippen LogP contribution in [0.1, 0.15) is 22.0 Å². The average molecular weight is 338 g/mol. The van der Waals surface area contributed by atoms with Gasteiger partial charge in [0.2, 0.25) is 0 Å². The topological polar surface area (TPSA) is 49.3 Å². The van der Waals surface area contributed by atoms with E-state index < -0.39 is 17.8 Å². The first kappa shape index (κ1) is 14.7. The highest BCUT2D eigenvalue weighted by Gasteiger charge is 2.18. The third-order valence-electron chi connectivity index (χ3n) is 2.89. The predicted octanol–water partition coefficient (Wildman–Crippen LogP) is 3.05. The zero-order valence-corrected chi connectivity index (χ0v) is 12.1. The van der Waals surface area contributed by atoms with Crippen LogP contribution < -0.4 is 5.32 Å². The molecule has 0 unspecified atom stereocenters. The van der Waals surface area contributed by atoms with E-state index in [2.05, 4.69) is 21.2 Å². The van der Waals surface area contributed by atoms with Gasteiger partial charge in [-0.3, -0.25) is 4.79 Å². The van der Waals surface area contributed by atoms with E-state index in [-0.39, 0.29) is 16.6 Å².